The highest BCUT2D eigenvalue weighted by Crippen LogP contribution is 2.37. The van der Waals surface area contributed by atoms with E-state index >= 15 is 0 Å². The number of aryl methyl sites for hydroxylation is 2. The van der Waals surface area contributed by atoms with Gasteiger partial charge in [0.25, 0.3) is 0 Å². The van der Waals surface area contributed by atoms with Crippen molar-refractivity contribution in [2.24, 2.45) is 17.6 Å². The number of thioether (sulfide) groups is 1. The van der Waals surface area contributed by atoms with Crippen LogP contribution in [0.15, 0.2) is 18.2 Å². The first-order chi connectivity index (χ1) is 9.08. The molecule has 0 spiro atoms. The molecule has 0 aromatic heterocycles. The molecule has 1 aromatic carbocycles. The summed E-state index contributed by atoms with van der Waals surface area (Å²) in [7, 11) is 0. The molecule has 1 aliphatic carbocycles. The first-order valence-electron chi connectivity index (χ1n) is 7.47. The Balaban J connectivity index is 1.96. The van der Waals surface area contributed by atoms with Crippen LogP contribution in [0.5, 0.6) is 0 Å². The molecule has 1 nitrogen and oxygen atoms in total. The van der Waals surface area contributed by atoms with E-state index in [1.165, 1.54) is 36.0 Å². The number of benzene rings is 1. The Hall–Kier alpha value is -0.470. The molecule has 1 fully saturated rings. The molecule has 0 amide bonds. The van der Waals surface area contributed by atoms with Gasteiger partial charge in [0.1, 0.15) is 0 Å². The molecule has 1 aliphatic rings. The zero-order chi connectivity index (χ0) is 13.8. The Morgan fingerprint density at radius 1 is 1.16 bits per heavy atom. The molecule has 0 heterocycles. The lowest BCUT2D eigenvalue weighted by molar-refractivity contribution is 0.306. The van der Waals surface area contributed by atoms with Crippen molar-refractivity contribution in [2.75, 3.05) is 6.54 Å². The summed E-state index contributed by atoms with van der Waals surface area (Å²) in [6.07, 6.45) is 4.03. The van der Waals surface area contributed by atoms with Crippen LogP contribution in [0.25, 0.3) is 0 Å². The predicted molar refractivity (Wildman–Crippen MR) is 86.6 cm³/mol. The summed E-state index contributed by atoms with van der Waals surface area (Å²) in [5.74, 6) is 2.74. The van der Waals surface area contributed by atoms with Crippen LogP contribution in [0.3, 0.4) is 0 Å². The number of nitrogens with two attached hydrogens (primary N) is 1. The molecule has 19 heavy (non-hydrogen) atoms. The Morgan fingerprint density at radius 3 is 2.47 bits per heavy atom. The normalized spacial score (nSPS) is 27.5. The molecule has 2 heteroatoms. The Morgan fingerprint density at radius 2 is 1.84 bits per heavy atom. The Bertz CT molecular complexity index is 395. The Kier molecular flexibility index (Phi) is 5.35. The molecule has 2 rings (SSSR count). The summed E-state index contributed by atoms with van der Waals surface area (Å²) in [6.45, 7) is 7.62. The van der Waals surface area contributed by atoms with Crippen LogP contribution in [0.2, 0.25) is 0 Å². The summed E-state index contributed by atoms with van der Waals surface area (Å²) >= 11 is 2.12. The topological polar surface area (TPSA) is 26.0 Å². The number of hydrogen-bond donors (Lipinski definition) is 1. The van der Waals surface area contributed by atoms with E-state index < -0.39 is 0 Å². The van der Waals surface area contributed by atoms with E-state index in [0.717, 1.165) is 29.4 Å². The molecule has 2 N–H and O–H groups in total. The highest BCUT2D eigenvalue weighted by molar-refractivity contribution is 7.99. The summed E-state index contributed by atoms with van der Waals surface area (Å²) in [5, 5.41) is 0.759. The minimum absolute atomic E-state index is 0.729. The lowest BCUT2D eigenvalue weighted by Gasteiger charge is -2.33. The van der Waals surface area contributed by atoms with Crippen molar-refractivity contribution in [3.8, 4) is 0 Å². The van der Waals surface area contributed by atoms with Crippen LogP contribution in [-0.2, 0) is 5.75 Å². The van der Waals surface area contributed by atoms with E-state index in [9.17, 15) is 0 Å². The third-order valence-corrected chi connectivity index (χ3v) is 5.74. The van der Waals surface area contributed by atoms with Gasteiger partial charge in [0.15, 0.2) is 0 Å². The molecule has 1 saturated carbocycles. The molecule has 0 aliphatic heterocycles. The molecule has 0 radical (unpaired) electrons. The average Bonchev–Trinajstić information content (AvgIpc) is 2.35. The zero-order valence-electron chi connectivity index (χ0n) is 12.5. The van der Waals surface area contributed by atoms with Crippen LogP contribution in [0, 0.1) is 25.7 Å². The van der Waals surface area contributed by atoms with Crippen LogP contribution in [0.4, 0.5) is 0 Å². The van der Waals surface area contributed by atoms with E-state index in [4.69, 9.17) is 5.73 Å². The fourth-order valence-electron chi connectivity index (χ4n) is 3.22. The maximum atomic E-state index is 5.94. The van der Waals surface area contributed by atoms with E-state index in [2.05, 4.69) is 50.7 Å². The van der Waals surface area contributed by atoms with Crippen molar-refractivity contribution in [1.29, 1.82) is 0 Å². The lowest BCUT2D eigenvalue weighted by Crippen LogP contribution is -2.31. The largest absolute Gasteiger partial charge is 0.330 e. The van der Waals surface area contributed by atoms with Crippen molar-refractivity contribution in [2.45, 2.75) is 51.0 Å². The minimum Gasteiger partial charge on any atom is -0.330 e. The second-order valence-electron chi connectivity index (χ2n) is 6.26. The molecular weight excluding hydrogens is 250 g/mol. The van der Waals surface area contributed by atoms with E-state index in [1.807, 2.05) is 0 Å². The molecule has 3 unspecified atom stereocenters. The third-order valence-electron chi connectivity index (χ3n) is 4.24. The summed E-state index contributed by atoms with van der Waals surface area (Å²) in [6, 6.07) is 6.90. The van der Waals surface area contributed by atoms with Crippen molar-refractivity contribution in [3.05, 3.63) is 34.9 Å². The lowest BCUT2D eigenvalue weighted by atomic mass is 9.82. The third kappa shape index (κ3) is 4.25. The fourth-order valence-corrected chi connectivity index (χ4v) is 4.78. The van der Waals surface area contributed by atoms with E-state index in [0.29, 0.717) is 0 Å². The van der Waals surface area contributed by atoms with Gasteiger partial charge in [-0.1, -0.05) is 42.7 Å². The van der Waals surface area contributed by atoms with E-state index in [1.54, 1.807) is 0 Å². The van der Waals surface area contributed by atoms with Crippen LogP contribution < -0.4 is 5.73 Å². The minimum atomic E-state index is 0.729. The second kappa shape index (κ2) is 6.81. The van der Waals surface area contributed by atoms with Crippen LogP contribution >= 0.6 is 11.8 Å². The van der Waals surface area contributed by atoms with Crippen LogP contribution in [0.1, 0.15) is 42.9 Å². The smallest absolute Gasteiger partial charge is 0.0187 e. The maximum Gasteiger partial charge on any atom is 0.0187 e. The van der Waals surface area contributed by atoms with Gasteiger partial charge in [-0.15, -0.1) is 0 Å². The van der Waals surface area contributed by atoms with Gasteiger partial charge in [0.2, 0.25) is 0 Å². The molecule has 0 saturated heterocycles. The van der Waals surface area contributed by atoms with E-state index in [-0.39, 0.29) is 0 Å². The summed E-state index contributed by atoms with van der Waals surface area (Å²) < 4.78 is 0. The SMILES string of the molecule is Cc1cc(C)cc(CSC2CC(C)CCC2CN)c1. The standard InChI is InChI=1S/C17H27NS/c1-12-4-5-16(10-18)17(9-12)19-11-15-7-13(2)6-14(3)8-15/h6-8,12,16-17H,4-5,9-11,18H2,1-3H3. The highest BCUT2D eigenvalue weighted by Gasteiger charge is 2.27. The van der Waals surface area contributed by atoms with Gasteiger partial charge in [-0.2, -0.15) is 11.8 Å². The quantitative estimate of drug-likeness (QED) is 0.888. The van der Waals surface area contributed by atoms with Crippen molar-refractivity contribution >= 4 is 11.8 Å². The van der Waals surface area contributed by atoms with Gasteiger partial charge in [-0.25, -0.2) is 0 Å². The average molecular weight is 277 g/mol. The highest BCUT2D eigenvalue weighted by atomic mass is 32.2. The fraction of sp³-hybridized carbons (Fsp3) is 0.647. The summed E-state index contributed by atoms with van der Waals surface area (Å²) in [4.78, 5) is 0. The molecular formula is C17H27NS. The van der Waals surface area contributed by atoms with Gasteiger partial charge in [0.05, 0.1) is 0 Å². The zero-order valence-corrected chi connectivity index (χ0v) is 13.3. The van der Waals surface area contributed by atoms with Crippen molar-refractivity contribution < 1.29 is 0 Å². The van der Waals surface area contributed by atoms with Gasteiger partial charge in [-0.05, 0) is 50.6 Å². The van der Waals surface area contributed by atoms with Gasteiger partial charge < -0.3 is 5.73 Å². The second-order valence-corrected chi connectivity index (χ2v) is 7.49. The van der Waals surface area contributed by atoms with Crippen molar-refractivity contribution in [1.82, 2.24) is 0 Å². The first-order valence-corrected chi connectivity index (χ1v) is 8.52. The van der Waals surface area contributed by atoms with Gasteiger partial charge >= 0.3 is 0 Å². The van der Waals surface area contributed by atoms with Crippen LogP contribution in [-0.4, -0.2) is 11.8 Å². The monoisotopic (exact) mass is 277 g/mol. The predicted octanol–water partition coefficient (Wildman–Crippen LogP) is 4.30. The maximum absolute atomic E-state index is 5.94. The first kappa shape index (κ1) is 14.9. The van der Waals surface area contributed by atoms with Gasteiger partial charge in [-0.3, -0.25) is 0 Å². The number of hydrogen-bond acceptors (Lipinski definition) is 2. The van der Waals surface area contributed by atoms with Gasteiger partial charge in [0, 0.05) is 11.0 Å². The summed E-state index contributed by atoms with van der Waals surface area (Å²) in [5.41, 5.74) is 10.2. The molecule has 106 valence electrons. The molecule has 0 bridgehead atoms. The van der Waals surface area contributed by atoms with Crippen molar-refractivity contribution in [3.63, 3.8) is 0 Å². The Labute approximate surface area is 122 Å². The molecule has 1 aromatic rings. The molecule has 3 atom stereocenters. The number of rotatable bonds is 4.